The van der Waals surface area contributed by atoms with Crippen LogP contribution in [0.1, 0.15) is 25.1 Å². The molecule has 15 heavy (non-hydrogen) atoms. The topological polar surface area (TPSA) is 40.5 Å². The first-order valence-electron chi connectivity index (χ1n) is 5.05. The molecule has 0 unspecified atom stereocenters. The first-order chi connectivity index (χ1) is 7.06. The average molecular weight is 201 g/mol. The molecular weight excluding hydrogens is 186 g/mol. The lowest BCUT2D eigenvalue weighted by Crippen LogP contribution is -1.90. The maximum atomic E-state index is 4.52. The lowest BCUT2D eigenvalue weighted by molar-refractivity contribution is 1.23. The van der Waals surface area contributed by atoms with E-state index in [9.17, 15) is 0 Å². The van der Waals surface area contributed by atoms with Crippen molar-refractivity contribution in [1.29, 1.82) is 0 Å². The van der Waals surface area contributed by atoms with E-state index < -0.39 is 0 Å². The molecule has 0 saturated carbocycles. The number of H-pyrrole nitrogens is 1. The van der Waals surface area contributed by atoms with E-state index in [-0.39, 0.29) is 0 Å². The number of aromatic amines is 1. The Hall–Kier alpha value is -1.64. The highest BCUT2D eigenvalue weighted by Crippen LogP contribution is 2.21. The molecule has 0 amide bonds. The predicted octanol–water partition coefficient (Wildman–Crippen LogP) is 3.08. The molecule has 0 atom stereocenters. The minimum Gasteiger partial charge on any atom is -0.344 e. The summed E-state index contributed by atoms with van der Waals surface area (Å²) in [5.74, 6) is 1.73. The van der Waals surface area contributed by atoms with Crippen LogP contribution in [0.4, 0.5) is 5.82 Å². The second-order valence-electron chi connectivity index (χ2n) is 4.00. The van der Waals surface area contributed by atoms with E-state index in [1.54, 1.807) is 0 Å². The molecular formula is C12H15N3. The van der Waals surface area contributed by atoms with Crippen molar-refractivity contribution in [3.05, 3.63) is 29.0 Å². The van der Waals surface area contributed by atoms with Gasteiger partial charge in [0, 0.05) is 11.4 Å². The number of allylic oxidation sites excluding steroid dienone is 1. The molecule has 78 valence electrons. The third kappa shape index (κ3) is 1.91. The van der Waals surface area contributed by atoms with Gasteiger partial charge in [-0.15, -0.1) is 0 Å². The van der Waals surface area contributed by atoms with E-state index in [4.69, 9.17) is 0 Å². The van der Waals surface area contributed by atoms with Gasteiger partial charge in [-0.25, -0.2) is 9.98 Å². The van der Waals surface area contributed by atoms with Gasteiger partial charge in [-0.3, -0.25) is 0 Å². The number of nitrogens with one attached hydrogen (secondary N) is 1. The summed E-state index contributed by atoms with van der Waals surface area (Å²) in [4.78, 5) is 12.1. The standard InChI is InChI=1S/C12H15N3/c1-7-5-9(3)13-11(7)15-12-8(2)6-10(4)14-12/h5-6,13H,1-4H3. The van der Waals surface area contributed by atoms with Gasteiger partial charge in [-0.2, -0.15) is 0 Å². The minimum atomic E-state index is 0.817. The first kappa shape index (κ1) is 9.90. The van der Waals surface area contributed by atoms with E-state index in [1.807, 2.05) is 33.8 Å². The van der Waals surface area contributed by atoms with Crippen molar-refractivity contribution in [2.45, 2.75) is 27.7 Å². The van der Waals surface area contributed by atoms with Crippen molar-refractivity contribution in [1.82, 2.24) is 4.98 Å². The molecule has 1 aromatic heterocycles. The fourth-order valence-electron chi connectivity index (χ4n) is 1.72. The molecule has 1 aliphatic heterocycles. The van der Waals surface area contributed by atoms with Crippen LogP contribution in [-0.2, 0) is 0 Å². The molecule has 1 aromatic rings. The molecule has 0 radical (unpaired) electrons. The number of aromatic nitrogens is 1. The molecule has 1 aliphatic rings. The van der Waals surface area contributed by atoms with Crippen molar-refractivity contribution < 1.29 is 0 Å². The van der Waals surface area contributed by atoms with Crippen LogP contribution in [0.2, 0.25) is 0 Å². The maximum absolute atomic E-state index is 4.52. The van der Waals surface area contributed by atoms with Crippen LogP contribution in [0, 0.1) is 13.8 Å². The Balaban J connectivity index is 2.40. The summed E-state index contributed by atoms with van der Waals surface area (Å²) in [6.07, 6.45) is 2.05. The van der Waals surface area contributed by atoms with Gasteiger partial charge in [0.15, 0.2) is 5.84 Å². The van der Waals surface area contributed by atoms with Crippen molar-refractivity contribution >= 4 is 17.4 Å². The summed E-state index contributed by atoms with van der Waals surface area (Å²) in [6.45, 7) is 8.10. The molecule has 2 rings (SSSR count). The Labute approximate surface area is 89.7 Å². The summed E-state index contributed by atoms with van der Waals surface area (Å²) in [5.41, 5.74) is 4.44. The smallest absolute Gasteiger partial charge is 0.157 e. The normalized spacial score (nSPS) is 18.3. The molecule has 0 aromatic carbocycles. The van der Waals surface area contributed by atoms with Gasteiger partial charge in [0.2, 0.25) is 0 Å². The second-order valence-corrected chi connectivity index (χ2v) is 4.00. The molecule has 2 heterocycles. The molecule has 0 fully saturated rings. The van der Waals surface area contributed by atoms with Gasteiger partial charge in [-0.1, -0.05) is 0 Å². The van der Waals surface area contributed by atoms with E-state index in [0.717, 1.165) is 34.2 Å². The summed E-state index contributed by atoms with van der Waals surface area (Å²) >= 11 is 0. The zero-order valence-electron chi connectivity index (χ0n) is 9.55. The molecule has 0 aliphatic carbocycles. The zero-order chi connectivity index (χ0) is 11.0. The number of aliphatic imine (C=N–C) groups is 2. The Morgan fingerprint density at radius 3 is 2.40 bits per heavy atom. The maximum Gasteiger partial charge on any atom is 0.157 e. The third-order valence-corrected chi connectivity index (χ3v) is 2.40. The van der Waals surface area contributed by atoms with Gasteiger partial charge in [0.05, 0.1) is 0 Å². The number of amidine groups is 1. The van der Waals surface area contributed by atoms with E-state index in [1.165, 1.54) is 0 Å². The highest BCUT2D eigenvalue weighted by molar-refractivity contribution is 6.17. The molecule has 0 spiro atoms. The zero-order valence-corrected chi connectivity index (χ0v) is 9.55. The summed E-state index contributed by atoms with van der Waals surface area (Å²) < 4.78 is 0. The fourth-order valence-corrected chi connectivity index (χ4v) is 1.72. The third-order valence-electron chi connectivity index (χ3n) is 2.40. The van der Waals surface area contributed by atoms with Crippen molar-refractivity contribution in [3.63, 3.8) is 0 Å². The Kier molecular flexibility index (Phi) is 2.31. The highest BCUT2D eigenvalue weighted by atomic mass is 15.0. The van der Waals surface area contributed by atoms with Crippen LogP contribution in [0.25, 0.3) is 0 Å². The SMILES string of the molecule is CC1=CC(C)=NC1=Nc1[nH]c(C)cc1C. The summed E-state index contributed by atoms with van der Waals surface area (Å²) in [6, 6.07) is 2.09. The van der Waals surface area contributed by atoms with Crippen molar-refractivity contribution in [2.24, 2.45) is 9.98 Å². The quantitative estimate of drug-likeness (QED) is 0.725. The molecule has 3 nitrogen and oxygen atoms in total. The van der Waals surface area contributed by atoms with Crippen LogP contribution >= 0.6 is 0 Å². The van der Waals surface area contributed by atoms with Gasteiger partial charge in [0.25, 0.3) is 0 Å². The highest BCUT2D eigenvalue weighted by Gasteiger charge is 2.10. The van der Waals surface area contributed by atoms with Crippen molar-refractivity contribution in [3.8, 4) is 0 Å². The van der Waals surface area contributed by atoms with Gasteiger partial charge in [-0.05, 0) is 51.0 Å². The summed E-state index contributed by atoms with van der Waals surface area (Å²) in [7, 11) is 0. The Bertz CT molecular complexity index is 487. The van der Waals surface area contributed by atoms with E-state index >= 15 is 0 Å². The fraction of sp³-hybridized carbons (Fsp3) is 0.333. The summed E-state index contributed by atoms with van der Waals surface area (Å²) in [5, 5.41) is 0. The van der Waals surface area contributed by atoms with Crippen molar-refractivity contribution in [2.75, 3.05) is 0 Å². The average Bonchev–Trinajstić information content (AvgIpc) is 2.58. The predicted molar refractivity (Wildman–Crippen MR) is 64.2 cm³/mol. The Morgan fingerprint density at radius 2 is 1.93 bits per heavy atom. The minimum absolute atomic E-state index is 0.817. The molecule has 3 heteroatoms. The van der Waals surface area contributed by atoms with Crippen LogP contribution in [-0.4, -0.2) is 16.5 Å². The lowest BCUT2D eigenvalue weighted by atomic mass is 10.2. The number of hydrogen-bond acceptors (Lipinski definition) is 1. The number of nitrogens with zero attached hydrogens (tertiary/aromatic N) is 2. The number of aryl methyl sites for hydroxylation is 2. The lowest BCUT2D eigenvalue weighted by Gasteiger charge is -1.95. The van der Waals surface area contributed by atoms with Gasteiger partial charge in [0.1, 0.15) is 5.82 Å². The molecule has 0 saturated heterocycles. The number of rotatable bonds is 1. The molecule has 0 bridgehead atoms. The monoisotopic (exact) mass is 201 g/mol. The van der Waals surface area contributed by atoms with Crippen LogP contribution in [0.15, 0.2) is 27.7 Å². The van der Waals surface area contributed by atoms with E-state index in [2.05, 4.69) is 21.0 Å². The number of hydrogen-bond donors (Lipinski definition) is 1. The van der Waals surface area contributed by atoms with Gasteiger partial charge >= 0.3 is 0 Å². The van der Waals surface area contributed by atoms with Crippen LogP contribution < -0.4 is 0 Å². The van der Waals surface area contributed by atoms with Crippen LogP contribution in [0.3, 0.4) is 0 Å². The molecule has 1 N–H and O–H groups in total. The van der Waals surface area contributed by atoms with Gasteiger partial charge < -0.3 is 4.98 Å². The second kappa shape index (κ2) is 3.50. The van der Waals surface area contributed by atoms with Crippen LogP contribution in [0.5, 0.6) is 0 Å². The largest absolute Gasteiger partial charge is 0.344 e. The first-order valence-corrected chi connectivity index (χ1v) is 5.05. The Morgan fingerprint density at radius 1 is 1.20 bits per heavy atom. The van der Waals surface area contributed by atoms with E-state index in [0.29, 0.717) is 0 Å².